The number of rotatable bonds is 5. The number of sulfonamides is 1. The second-order valence-corrected chi connectivity index (χ2v) is 8.86. The second kappa shape index (κ2) is 8.35. The van der Waals surface area contributed by atoms with Crippen molar-refractivity contribution in [1.29, 1.82) is 0 Å². The Morgan fingerprint density at radius 3 is 2.45 bits per heavy atom. The molecule has 0 saturated carbocycles. The molecule has 4 rings (SSSR count). The van der Waals surface area contributed by atoms with Gasteiger partial charge in [0.05, 0.1) is 18.0 Å². The van der Waals surface area contributed by atoms with Gasteiger partial charge in [0.25, 0.3) is 5.91 Å². The van der Waals surface area contributed by atoms with E-state index in [-0.39, 0.29) is 23.7 Å². The highest BCUT2D eigenvalue weighted by atomic mass is 32.2. The molecule has 1 atom stereocenters. The average Bonchev–Trinajstić information content (AvgIpc) is 2.76. The van der Waals surface area contributed by atoms with Crippen molar-refractivity contribution >= 4 is 27.3 Å². The lowest BCUT2D eigenvalue weighted by Gasteiger charge is -2.34. The SMILES string of the molecule is O=C(Nc1ccc(F)c(F)c1)[C@H]1CN(S(=O)(=O)Cc2ccccc2)c2ccccc2O1. The number of fused-ring (bicyclic) bond motifs is 1. The normalized spacial score (nSPS) is 15.7. The number of carbonyl (C=O) groups excluding carboxylic acids is 1. The Kier molecular flexibility index (Phi) is 5.60. The molecule has 160 valence electrons. The van der Waals surface area contributed by atoms with E-state index >= 15 is 0 Å². The van der Waals surface area contributed by atoms with Gasteiger partial charge in [-0.3, -0.25) is 9.10 Å². The van der Waals surface area contributed by atoms with Crippen molar-refractivity contribution in [3.05, 3.63) is 90.0 Å². The highest BCUT2D eigenvalue weighted by Crippen LogP contribution is 2.36. The number of anilines is 2. The molecule has 9 heteroatoms. The van der Waals surface area contributed by atoms with Crippen molar-refractivity contribution in [3.8, 4) is 5.75 Å². The first-order chi connectivity index (χ1) is 14.8. The Bertz CT molecular complexity index is 1220. The van der Waals surface area contributed by atoms with E-state index in [1.165, 1.54) is 6.07 Å². The monoisotopic (exact) mass is 444 g/mol. The van der Waals surface area contributed by atoms with Gasteiger partial charge in [-0.2, -0.15) is 0 Å². The maximum atomic E-state index is 13.4. The average molecular weight is 444 g/mol. The number of halogens is 2. The van der Waals surface area contributed by atoms with Crippen molar-refractivity contribution in [1.82, 2.24) is 0 Å². The molecule has 0 bridgehead atoms. The molecule has 1 aliphatic heterocycles. The minimum absolute atomic E-state index is 0.0325. The largest absolute Gasteiger partial charge is 0.476 e. The predicted molar refractivity (Wildman–Crippen MR) is 112 cm³/mol. The topological polar surface area (TPSA) is 75.7 Å². The Morgan fingerprint density at radius 1 is 1.00 bits per heavy atom. The van der Waals surface area contributed by atoms with Crippen molar-refractivity contribution in [3.63, 3.8) is 0 Å². The zero-order valence-electron chi connectivity index (χ0n) is 16.2. The predicted octanol–water partition coefficient (Wildman–Crippen LogP) is 3.70. The molecule has 0 spiro atoms. The number of ether oxygens (including phenoxy) is 1. The minimum Gasteiger partial charge on any atom is -0.476 e. The molecular weight excluding hydrogens is 426 g/mol. The van der Waals surface area contributed by atoms with E-state index in [0.717, 1.165) is 16.4 Å². The molecule has 0 aliphatic carbocycles. The Labute approximate surface area is 178 Å². The van der Waals surface area contributed by atoms with Gasteiger partial charge in [0, 0.05) is 11.8 Å². The van der Waals surface area contributed by atoms with Gasteiger partial charge in [-0.1, -0.05) is 42.5 Å². The van der Waals surface area contributed by atoms with E-state index in [1.807, 2.05) is 0 Å². The lowest BCUT2D eigenvalue weighted by molar-refractivity contribution is -0.122. The standard InChI is InChI=1S/C22H18F2N2O4S/c23-17-11-10-16(12-18(17)24)25-22(27)21-13-26(19-8-4-5-9-20(19)30-21)31(28,29)14-15-6-2-1-3-7-15/h1-12,21H,13-14H2,(H,25,27)/t21-/m1/s1. The van der Waals surface area contributed by atoms with Gasteiger partial charge in [-0.15, -0.1) is 0 Å². The zero-order chi connectivity index (χ0) is 22.0. The van der Waals surface area contributed by atoms with Crippen molar-refractivity contribution in [2.75, 3.05) is 16.2 Å². The summed E-state index contributed by atoms with van der Waals surface area (Å²) in [5, 5.41) is 2.44. The molecular formula is C22H18F2N2O4S. The van der Waals surface area contributed by atoms with Crippen LogP contribution in [-0.4, -0.2) is 27.0 Å². The van der Waals surface area contributed by atoms with Crippen molar-refractivity contribution < 1.29 is 26.7 Å². The van der Waals surface area contributed by atoms with Crippen LogP contribution >= 0.6 is 0 Å². The summed E-state index contributed by atoms with van der Waals surface area (Å²) in [6, 6.07) is 18.1. The van der Waals surface area contributed by atoms with Crippen LogP contribution in [0.1, 0.15) is 5.56 Å². The third-order valence-corrected chi connectivity index (χ3v) is 6.46. The van der Waals surface area contributed by atoms with E-state index < -0.39 is 33.7 Å². The molecule has 1 aliphatic rings. The lowest BCUT2D eigenvalue weighted by Crippen LogP contribution is -2.49. The number of benzene rings is 3. The van der Waals surface area contributed by atoms with E-state index in [9.17, 15) is 22.0 Å². The van der Waals surface area contributed by atoms with Crippen LogP contribution in [0.5, 0.6) is 5.75 Å². The van der Waals surface area contributed by atoms with Crippen LogP contribution in [0.3, 0.4) is 0 Å². The third-order valence-electron chi connectivity index (χ3n) is 4.74. The summed E-state index contributed by atoms with van der Waals surface area (Å²) in [4.78, 5) is 12.7. The number of para-hydroxylation sites is 2. The molecule has 3 aromatic carbocycles. The number of nitrogens with zero attached hydrogens (tertiary/aromatic N) is 1. The molecule has 0 unspecified atom stereocenters. The van der Waals surface area contributed by atoms with Crippen molar-refractivity contribution in [2.24, 2.45) is 0 Å². The fraction of sp³-hybridized carbons (Fsp3) is 0.136. The first kappa shape index (κ1) is 20.8. The summed E-state index contributed by atoms with van der Waals surface area (Å²) in [5.74, 6) is -2.85. The van der Waals surface area contributed by atoms with Gasteiger partial charge >= 0.3 is 0 Å². The van der Waals surface area contributed by atoms with Gasteiger partial charge in [0.1, 0.15) is 5.75 Å². The van der Waals surface area contributed by atoms with E-state index in [2.05, 4.69) is 5.32 Å². The molecule has 31 heavy (non-hydrogen) atoms. The molecule has 3 aromatic rings. The molecule has 0 saturated heterocycles. The quantitative estimate of drug-likeness (QED) is 0.651. The van der Waals surface area contributed by atoms with Crippen LogP contribution < -0.4 is 14.4 Å². The van der Waals surface area contributed by atoms with Gasteiger partial charge in [0.2, 0.25) is 10.0 Å². The molecule has 1 amide bonds. The number of amides is 1. The van der Waals surface area contributed by atoms with Crippen LogP contribution in [0.15, 0.2) is 72.8 Å². The van der Waals surface area contributed by atoms with Crippen molar-refractivity contribution in [2.45, 2.75) is 11.9 Å². The van der Waals surface area contributed by atoms with Gasteiger partial charge < -0.3 is 10.1 Å². The van der Waals surface area contributed by atoms with Crippen LogP contribution in [-0.2, 0) is 20.6 Å². The summed E-state index contributed by atoms with van der Waals surface area (Å²) in [5.41, 5.74) is 0.967. The fourth-order valence-corrected chi connectivity index (χ4v) is 4.84. The maximum absolute atomic E-state index is 13.4. The molecule has 6 nitrogen and oxygen atoms in total. The van der Waals surface area contributed by atoms with Crippen LogP contribution in [0.2, 0.25) is 0 Å². The first-order valence-electron chi connectivity index (χ1n) is 9.39. The Balaban J connectivity index is 1.60. The number of hydrogen-bond donors (Lipinski definition) is 1. The maximum Gasteiger partial charge on any atom is 0.267 e. The minimum atomic E-state index is -3.84. The van der Waals surface area contributed by atoms with E-state index in [4.69, 9.17) is 4.74 Å². The van der Waals surface area contributed by atoms with Crippen LogP contribution in [0.25, 0.3) is 0 Å². The number of carbonyl (C=O) groups is 1. The van der Waals surface area contributed by atoms with Gasteiger partial charge in [-0.25, -0.2) is 17.2 Å². The van der Waals surface area contributed by atoms with E-state index in [1.54, 1.807) is 54.6 Å². The number of nitrogens with one attached hydrogen (secondary N) is 1. The first-order valence-corrected chi connectivity index (χ1v) is 11.0. The molecule has 1 N–H and O–H groups in total. The Hall–Kier alpha value is -3.46. The zero-order valence-corrected chi connectivity index (χ0v) is 17.0. The fourth-order valence-electron chi connectivity index (χ4n) is 3.26. The molecule has 1 heterocycles. The highest BCUT2D eigenvalue weighted by molar-refractivity contribution is 7.92. The summed E-state index contributed by atoms with van der Waals surface area (Å²) in [7, 11) is -3.84. The molecule has 0 fully saturated rings. The van der Waals surface area contributed by atoms with Gasteiger partial charge in [-0.05, 0) is 29.8 Å². The lowest BCUT2D eigenvalue weighted by atomic mass is 10.2. The summed E-state index contributed by atoms with van der Waals surface area (Å²) in [6.45, 7) is -0.262. The summed E-state index contributed by atoms with van der Waals surface area (Å²) < 4.78 is 59.8. The van der Waals surface area contributed by atoms with Gasteiger partial charge in [0.15, 0.2) is 17.7 Å². The third kappa shape index (κ3) is 4.51. The van der Waals surface area contributed by atoms with E-state index in [0.29, 0.717) is 11.3 Å². The smallest absolute Gasteiger partial charge is 0.267 e. The second-order valence-electron chi connectivity index (χ2n) is 6.97. The summed E-state index contributed by atoms with van der Waals surface area (Å²) in [6.07, 6.45) is -1.19. The summed E-state index contributed by atoms with van der Waals surface area (Å²) >= 11 is 0. The van der Waals surface area contributed by atoms with Crippen LogP contribution in [0, 0.1) is 11.6 Å². The molecule has 0 radical (unpaired) electrons. The number of hydrogen-bond acceptors (Lipinski definition) is 4. The van der Waals surface area contributed by atoms with Crippen LogP contribution in [0.4, 0.5) is 20.2 Å². The molecule has 0 aromatic heterocycles. The highest BCUT2D eigenvalue weighted by Gasteiger charge is 2.36. The Morgan fingerprint density at radius 2 is 1.71 bits per heavy atom.